The van der Waals surface area contributed by atoms with Gasteiger partial charge in [0.2, 0.25) is 0 Å². The second kappa shape index (κ2) is 6.24. The Bertz CT molecular complexity index is 1500. The molecule has 1 heterocycles. The maximum Gasteiger partial charge on any atom is 0.131 e. The van der Waals surface area contributed by atoms with Crippen LogP contribution in [0.4, 0.5) is 4.39 Å². The van der Waals surface area contributed by atoms with Gasteiger partial charge in [-0.3, -0.25) is 4.98 Å². The van der Waals surface area contributed by atoms with Crippen LogP contribution in [-0.4, -0.2) is 4.98 Å². The van der Waals surface area contributed by atoms with Crippen molar-refractivity contribution >= 4 is 21.5 Å². The SMILES string of the molecule is Fc1cccc2ccc3c(-c4cc5c6c(c4)CCc4cccc(c4-6)CC5)nccc3c12. The number of hydrogen-bond donors (Lipinski definition) is 0. The number of aromatic nitrogens is 1. The summed E-state index contributed by atoms with van der Waals surface area (Å²) >= 11 is 0. The molecule has 0 spiro atoms. The van der Waals surface area contributed by atoms with Gasteiger partial charge in [0.05, 0.1) is 5.69 Å². The molecule has 0 radical (unpaired) electrons. The molecule has 0 saturated carbocycles. The van der Waals surface area contributed by atoms with Gasteiger partial charge in [0.15, 0.2) is 0 Å². The van der Waals surface area contributed by atoms with Crippen LogP contribution in [0.5, 0.6) is 0 Å². The van der Waals surface area contributed by atoms with Crippen molar-refractivity contribution in [1.82, 2.24) is 4.98 Å². The summed E-state index contributed by atoms with van der Waals surface area (Å²) < 4.78 is 14.7. The Kier molecular flexibility index (Phi) is 3.46. The van der Waals surface area contributed by atoms with Crippen molar-refractivity contribution in [1.29, 1.82) is 0 Å². The summed E-state index contributed by atoms with van der Waals surface area (Å²) in [5.41, 5.74) is 10.9. The minimum Gasteiger partial charge on any atom is -0.256 e. The molecule has 0 N–H and O–H groups in total. The maximum absolute atomic E-state index is 14.7. The lowest BCUT2D eigenvalue weighted by Crippen LogP contribution is -2.14. The Hall–Kier alpha value is -3.52. The van der Waals surface area contributed by atoms with Gasteiger partial charge in [0, 0.05) is 22.5 Å². The normalized spacial score (nSPS) is 14.1. The molecule has 0 amide bonds. The molecular formula is C29H20FN. The van der Waals surface area contributed by atoms with Crippen molar-refractivity contribution in [2.75, 3.05) is 0 Å². The van der Waals surface area contributed by atoms with Gasteiger partial charge in [-0.05, 0) is 94.1 Å². The van der Waals surface area contributed by atoms with E-state index in [1.165, 1.54) is 33.4 Å². The molecule has 7 rings (SSSR count). The number of fused-ring (bicyclic) bond motifs is 3. The van der Waals surface area contributed by atoms with E-state index in [-0.39, 0.29) is 5.82 Å². The van der Waals surface area contributed by atoms with Gasteiger partial charge >= 0.3 is 0 Å². The highest BCUT2D eigenvalue weighted by Gasteiger charge is 2.26. The molecule has 2 aliphatic rings. The zero-order valence-electron chi connectivity index (χ0n) is 17.1. The first-order valence-corrected chi connectivity index (χ1v) is 11.0. The molecule has 2 heteroatoms. The smallest absolute Gasteiger partial charge is 0.131 e. The van der Waals surface area contributed by atoms with E-state index in [1.807, 2.05) is 24.4 Å². The molecule has 0 saturated heterocycles. The van der Waals surface area contributed by atoms with Gasteiger partial charge < -0.3 is 0 Å². The van der Waals surface area contributed by atoms with Gasteiger partial charge in [0.1, 0.15) is 5.82 Å². The standard InChI is InChI=1S/C29H20FN/c30-25-6-2-5-19-11-12-24-23(28(19)25)13-14-31-29(24)22-15-20-9-7-17-3-1-4-18-8-10-21(16-22)27(20)26(17)18/h1-6,11-16H,7-10H2. The van der Waals surface area contributed by atoms with Gasteiger partial charge in [-0.1, -0.05) is 42.5 Å². The summed E-state index contributed by atoms with van der Waals surface area (Å²) in [7, 11) is 0. The predicted octanol–water partition coefficient (Wildman–Crippen LogP) is 7.06. The first kappa shape index (κ1) is 17.2. The van der Waals surface area contributed by atoms with Crippen molar-refractivity contribution in [2.24, 2.45) is 0 Å². The van der Waals surface area contributed by atoms with Crippen LogP contribution < -0.4 is 0 Å². The zero-order valence-corrected chi connectivity index (χ0v) is 17.1. The largest absolute Gasteiger partial charge is 0.256 e. The summed E-state index contributed by atoms with van der Waals surface area (Å²) in [6.45, 7) is 0. The van der Waals surface area contributed by atoms with Crippen LogP contribution in [0.1, 0.15) is 22.3 Å². The number of hydrogen-bond acceptors (Lipinski definition) is 1. The molecule has 0 bridgehead atoms. The first-order valence-electron chi connectivity index (χ1n) is 11.0. The molecule has 31 heavy (non-hydrogen) atoms. The monoisotopic (exact) mass is 401 g/mol. The Morgan fingerprint density at radius 3 is 2.10 bits per heavy atom. The lowest BCUT2D eigenvalue weighted by Gasteiger charge is -2.30. The topological polar surface area (TPSA) is 12.9 Å². The fraction of sp³-hybridized carbons (Fsp3) is 0.138. The van der Waals surface area contributed by atoms with Crippen LogP contribution >= 0.6 is 0 Å². The molecule has 2 aliphatic carbocycles. The number of nitrogens with zero attached hydrogens (tertiary/aromatic N) is 1. The Morgan fingerprint density at radius 2 is 1.32 bits per heavy atom. The number of aryl methyl sites for hydroxylation is 4. The van der Waals surface area contributed by atoms with Gasteiger partial charge in [-0.25, -0.2) is 4.39 Å². The highest BCUT2D eigenvalue weighted by molar-refractivity contribution is 6.11. The van der Waals surface area contributed by atoms with Crippen LogP contribution in [0.3, 0.4) is 0 Å². The third-order valence-corrected chi connectivity index (χ3v) is 7.12. The summed E-state index contributed by atoms with van der Waals surface area (Å²) in [5.74, 6) is -0.176. The molecule has 0 unspecified atom stereocenters. The van der Waals surface area contributed by atoms with Crippen molar-refractivity contribution in [2.45, 2.75) is 25.7 Å². The molecule has 4 aromatic carbocycles. The van der Waals surface area contributed by atoms with Crippen LogP contribution in [0.2, 0.25) is 0 Å². The second-order valence-electron chi connectivity index (χ2n) is 8.78. The average Bonchev–Trinajstić information content (AvgIpc) is 2.82. The van der Waals surface area contributed by atoms with E-state index in [1.54, 1.807) is 12.1 Å². The van der Waals surface area contributed by atoms with E-state index in [0.29, 0.717) is 5.39 Å². The van der Waals surface area contributed by atoms with E-state index in [0.717, 1.165) is 53.1 Å². The Balaban J connectivity index is 1.50. The number of halogens is 1. The van der Waals surface area contributed by atoms with Crippen LogP contribution in [-0.2, 0) is 25.7 Å². The molecule has 148 valence electrons. The summed E-state index contributed by atoms with van der Waals surface area (Å²) in [4.78, 5) is 4.78. The molecule has 1 aromatic heterocycles. The Morgan fingerprint density at radius 1 is 0.645 bits per heavy atom. The fourth-order valence-corrected chi connectivity index (χ4v) is 5.78. The molecule has 0 aliphatic heterocycles. The second-order valence-corrected chi connectivity index (χ2v) is 8.78. The summed E-state index contributed by atoms with van der Waals surface area (Å²) in [5, 5.41) is 3.55. The van der Waals surface area contributed by atoms with Crippen molar-refractivity contribution in [3.63, 3.8) is 0 Å². The van der Waals surface area contributed by atoms with Crippen molar-refractivity contribution in [3.05, 3.63) is 101 Å². The predicted molar refractivity (Wildman–Crippen MR) is 125 cm³/mol. The lowest BCUT2D eigenvalue weighted by molar-refractivity contribution is 0.640. The van der Waals surface area contributed by atoms with E-state index in [9.17, 15) is 4.39 Å². The number of pyridine rings is 1. The van der Waals surface area contributed by atoms with Crippen LogP contribution in [0.25, 0.3) is 43.9 Å². The first-order chi connectivity index (χ1) is 15.3. The third kappa shape index (κ3) is 2.39. The van der Waals surface area contributed by atoms with Gasteiger partial charge in [0.25, 0.3) is 0 Å². The quantitative estimate of drug-likeness (QED) is 0.274. The third-order valence-electron chi connectivity index (χ3n) is 7.12. The van der Waals surface area contributed by atoms with Gasteiger partial charge in [-0.15, -0.1) is 0 Å². The average molecular weight is 401 g/mol. The van der Waals surface area contributed by atoms with E-state index in [4.69, 9.17) is 4.98 Å². The molecule has 5 aromatic rings. The molecule has 1 nitrogen and oxygen atoms in total. The fourth-order valence-electron chi connectivity index (χ4n) is 5.78. The van der Waals surface area contributed by atoms with E-state index >= 15 is 0 Å². The van der Waals surface area contributed by atoms with Crippen LogP contribution in [0, 0.1) is 5.82 Å². The minimum atomic E-state index is -0.176. The van der Waals surface area contributed by atoms with Crippen molar-refractivity contribution in [3.8, 4) is 22.4 Å². The molecular weight excluding hydrogens is 381 g/mol. The van der Waals surface area contributed by atoms with Gasteiger partial charge in [-0.2, -0.15) is 0 Å². The highest BCUT2D eigenvalue weighted by atomic mass is 19.1. The van der Waals surface area contributed by atoms with E-state index in [2.05, 4.69) is 36.4 Å². The number of benzene rings is 4. The van der Waals surface area contributed by atoms with E-state index < -0.39 is 0 Å². The number of rotatable bonds is 1. The molecule has 0 fully saturated rings. The lowest BCUT2D eigenvalue weighted by atomic mass is 9.74. The Labute approximate surface area is 180 Å². The zero-order chi connectivity index (χ0) is 20.5. The highest BCUT2D eigenvalue weighted by Crippen LogP contribution is 2.44. The van der Waals surface area contributed by atoms with Crippen LogP contribution in [0.15, 0.2) is 72.9 Å². The maximum atomic E-state index is 14.7. The van der Waals surface area contributed by atoms with Crippen molar-refractivity contribution < 1.29 is 4.39 Å². The summed E-state index contributed by atoms with van der Waals surface area (Å²) in [6, 6.07) is 22.8. The minimum absolute atomic E-state index is 0.176. The molecule has 0 atom stereocenters. The summed E-state index contributed by atoms with van der Waals surface area (Å²) in [6.07, 6.45) is 6.14.